The van der Waals surface area contributed by atoms with Crippen molar-refractivity contribution >= 4 is 0 Å². The summed E-state index contributed by atoms with van der Waals surface area (Å²) >= 11 is 0. The Morgan fingerprint density at radius 3 is 2.58 bits per heavy atom. The second-order valence-corrected chi connectivity index (χ2v) is 4.18. The second-order valence-electron chi connectivity index (χ2n) is 4.18. The van der Waals surface area contributed by atoms with Crippen LogP contribution in [0.3, 0.4) is 0 Å². The minimum atomic E-state index is -0.00644. The lowest BCUT2D eigenvalue weighted by Gasteiger charge is -2.14. The zero-order valence-corrected chi connectivity index (χ0v) is 8.26. The molecule has 0 heterocycles. The molecule has 0 bridgehead atoms. The average molecular weight is 170 g/mol. The van der Waals surface area contributed by atoms with Gasteiger partial charge in [0.15, 0.2) is 0 Å². The Balaban J connectivity index is 2.03. The normalized spacial score (nSPS) is 21.5. The molecule has 0 spiro atoms. The molecule has 1 aliphatic rings. The first kappa shape index (κ1) is 10.0. The Morgan fingerprint density at radius 1 is 1.33 bits per heavy atom. The Morgan fingerprint density at radius 2 is 2.00 bits per heavy atom. The van der Waals surface area contributed by atoms with Crippen molar-refractivity contribution in [1.29, 1.82) is 0 Å². The van der Waals surface area contributed by atoms with Gasteiger partial charge in [-0.15, -0.1) is 0 Å². The topological polar surface area (TPSA) is 20.2 Å². The summed E-state index contributed by atoms with van der Waals surface area (Å²) in [5.41, 5.74) is 0. The second kappa shape index (κ2) is 5.58. The zero-order valence-electron chi connectivity index (χ0n) is 8.26. The van der Waals surface area contributed by atoms with Crippen molar-refractivity contribution in [2.45, 2.75) is 64.4 Å². The number of aliphatic hydroxyl groups is 1. The smallest absolute Gasteiger partial charge is 0.0542 e. The number of aliphatic hydroxyl groups excluding tert-OH is 1. The van der Waals surface area contributed by atoms with Crippen LogP contribution in [0, 0.1) is 5.92 Å². The summed E-state index contributed by atoms with van der Waals surface area (Å²) in [6.45, 7) is 2.18. The molecule has 0 amide bonds. The first-order valence-corrected chi connectivity index (χ1v) is 5.51. The highest BCUT2D eigenvalue weighted by Crippen LogP contribution is 2.29. The maximum Gasteiger partial charge on any atom is 0.0542 e. The van der Waals surface area contributed by atoms with Crippen LogP contribution in [0.2, 0.25) is 0 Å². The van der Waals surface area contributed by atoms with Gasteiger partial charge in [0.1, 0.15) is 0 Å². The van der Waals surface area contributed by atoms with Crippen LogP contribution in [0.1, 0.15) is 58.3 Å². The lowest BCUT2D eigenvalue weighted by Crippen LogP contribution is -2.11. The van der Waals surface area contributed by atoms with E-state index in [-0.39, 0.29) is 6.10 Å². The fourth-order valence-electron chi connectivity index (χ4n) is 2.19. The molecule has 1 fully saturated rings. The molecule has 12 heavy (non-hydrogen) atoms. The lowest BCUT2D eigenvalue weighted by atomic mass is 9.97. The third-order valence-electron chi connectivity index (χ3n) is 2.97. The summed E-state index contributed by atoms with van der Waals surface area (Å²) in [6, 6.07) is 0. The minimum absolute atomic E-state index is 0.00644. The molecule has 1 saturated carbocycles. The molecule has 0 aliphatic heterocycles. The first-order chi connectivity index (χ1) is 5.83. The van der Waals surface area contributed by atoms with Crippen LogP contribution in [0.15, 0.2) is 0 Å². The maximum absolute atomic E-state index is 9.64. The van der Waals surface area contributed by atoms with Gasteiger partial charge in [0.25, 0.3) is 0 Å². The average Bonchev–Trinajstić information content (AvgIpc) is 2.53. The highest BCUT2D eigenvalue weighted by molar-refractivity contribution is 4.70. The summed E-state index contributed by atoms with van der Waals surface area (Å²) in [5, 5.41) is 9.64. The third-order valence-corrected chi connectivity index (χ3v) is 2.97. The fraction of sp³-hybridized carbons (Fsp3) is 1.00. The SMILES string of the molecule is CCCCC(O)CC1CCCC1. The molecule has 72 valence electrons. The molecule has 0 saturated heterocycles. The van der Waals surface area contributed by atoms with Gasteiger partial charge in [-0.2, -0.15) is 0 Å². The van der Waals surface area contributed by atoms with Crippen molar-refractivity contribution in [2.75, 3.05) is 0 Å². The first-order valence-electron chi connectivity index (χ1n) is 5.51. The maximum atomic E-state index is 9.64. The molecule has 1 aliphatic carbocycles. The minimum Gasteiger partial charge on any atom is -0.393 e. The van der Waals surface area contributed by atoms with Crippen molar-refractivity contribution < 1.29 is 5.11 Å². The van der Waals surface area contributed by atoms with Crippen LogP contribution in [0.5, 0.6) is 0 Å². The van der Waals surface area contributed by atoms with Gasteiger partial charge in [0, 0.05) is 0 Å². The Kier molecular flexibility index (Phi) is 4.67. The standard InChI is InChI=1S/C11H22O/c1-2-3-8-11(12)9-10-6-4-5-7-10/h10-12H,2-9H2,1H3. The van der Waals surface area contributed by atoms with E-state index in [4.69, 9.17) is 0 Å². The van der Waals surface area contributed by atoms with Gasteiger partial charge in [-0.05, 0) is 18.8 Å². The summed E-state index contributed by atoms with van der Waals surface area (Å²) in [4.78, 5) is 0. The quantitative estimate of drug-likeness (QED) is 0.672. The van der Waals surface area contributed by atoms with E-state index in [0.717, 1.165) is 18.8 Å². The number of unbranched alkanes of at least 4 members (excludes halogenated alkanes) is 1. The predicted octanol–water partition coefficient (Wildman–Crippen LogP) is 3.12. The van der Waals surface area contributed by atoms with E-state index in [1.54, 1.807) is 0 Å². The predicted molar refractivity (Wildman–Crippen MR) is 52.1 cm³/mol. The molecule has 1 heteroatoms. The van der Waals surface area contributed by atoms with Crippen molar-refractivity contribution in [3.63, 3.8) is 0 Å². The number of rotatable bonds is 5. The van der Waals surface area contributed by atoms with Crippen LogP contribution in [-0.4, -0.2) is 11.2 Å². The number of hydrogen-bond donors (Lipinski definition) is 1. The summed E-state index contributed by atoms with van der Waals surface area (Å²) < 4.78 is 0. The molecule has 0 aromatic heterocycles. The van der Waals surface area contributed by atoms with E-state index in [0.29, 0.717) is 0 Å². The highest BCUT2D eigenvalue weighted by atomic mass is 16.3. The Bertz CT molecular complexity index is 106. The van der Waals surface area contributed by atoms with Crippen LogP contribution in [0.25, 0.3) is 0 Å². The van der Waals surface area contributed by atoms with E-state index < -0.39 is 0 Å². The molecule has 0 radical (unpaired) electrons. The van der Waals surface area contributed by atoms with Crippen molar-refractivity contribution in [2.24, 2.45) is 5.92 Å². The van der Waals surface area contributed by atoms with Gasteiger partial charge in [-0.1, -0.05) is 45.4 Å². The van der Waals surface area contributed by atoms with E-state index in [2.05, 4.69) is 6.92 Å². The lowest BCUT2D eigenvalue weighted by molar-refractivity contribution is 0.131. The van der Waals surface area contributed by atoms with E-state index in [1.165, 1.54) is 38.5 Å². The summed E-state index contributed by atoms with van der Waals surface area (Å²) in [7, 11) is 0. The summed E-state index contributed by atoms with van der Waals surface area (Å²) in [5.74, 6) is 0.844. The fourth-order valence-corrected chi connectivity index (χ4v) is 2.19. The van der Waals surface area contributed by atoms with Gasteiger partial charge in [0.05, 0.1) is 6.10 Å². The van der Waals surface area contributed by atoms with Crippen molar-refractivity contribution in [3.05, 3.63) is 0 Å². The molecule has 1 N–H and O–H groups in total. The third kappa shape index (κ3) is 3.57. The molecular weight excluding hydrogens is 148 g/mol. The summed E-state index contributed by atoms with van der Waals surface area (Å²) in [6.07, 6.45) is 10.00. The zero-order chi connectivity index (χ0) is 8.81. The highest BCUT2D eigenvalue weighted by Gasteiger charge is 2.18. The van der Waals surface area contributed by atoms with E-state index in [9.17, 15) is 5.11 Å². The Hall–Kier alpha value is -0.0400. The van der Waals surface area contributed by atoms with Gasteiger partial charge in [-0.25, -0.2) is 0 Å². The van der Waals surface area contributed by atoms with Crippen LogP contribution in [0.4, 0.5) is 0 Å². The van der Waals surface area contributed by atoms with Crippen molar-refractivity contribution in [1.82, 2.24) is 0 Å². The van der Waals surface area contributed by atoms with Crippen LogP contribution in [-0.2, 0) is 0 Å². The van der Waals surface area contributed by atoms with Gasteiger partial charge in [-0.3, -0.25) is 0 Å². The molecule has 1 rings (SSSR count). The molecule has 1 nitrogen and oxygen atoms in total. The van der Waals surface area contributed by atoms with Crippen LogP contribution < -0.4 is 0 Å². The monoisotopic (exact) mass is 170 g/mol. The molecule has 0 aromatic rings. The molecule has 1 atom stereocenters. The van der Waals surface area contributed by atoms with E-state index >= 15 is 0 Å². The largest absolute Gasteiger partial charge is 0.393 e. The molecule has 1 unspecified atom stereocenters. The van der Waals surface area contributed by atoms with Crippen LogP contribution >= 0.6 is 0 Å². The van der Waals surface area contributed by atoms with Gasteiger partial charge in [0.2, 0.25) is 0 Å². The Labute approximate surface area is 76.2 Å². The number of hydrogen-bond acceptors (Lipinski definition) is 1. The van der Waals surface area contributed by atoms with Gasteiger partial charge >= 0.3 is 0 Å². The molecular formula is C11H22O. The van der Waals surface area contributed by atoms with Crippen molar-refractivity contribution in [3.8, 4) is 0 Å². The van der Waals surface area contributed by atoms with Gasteiger partial charge < -0.3 is 5.11 Å². The van der Waals surface area contributed by atoms with E-state index in [1.807, 2.05) is 0 Å². The molecule has 0 aromatic carbocycles.